The lowest BCUT2D eigenvalue weighted by atomic mass is 9.87. The van der Waals surface area contributed by atoms with Gasteiger partial charge in [0.05, 0.1) is 4.34 Å². The zero-order valence-corrected chi connectivity index (χ0v) is 9.26. The first-order valence-electron chi connectivity index (χ1n) is 4.92. The first-order valence-corrected chi connectivity index (χ1v) is 6.12. The molecule has 1 aliphatic rings. The van der Waals surface area contributed by atoms with E-state index >= 15 is 0 Å². The average Bonchev–Trinajstić information content (AvgIpc) is 2.53. The van der Waals surface area contributed by atoms with Crippen LogP contribution in [0, 0.1) is 5.92 Å². The highest BCUT2D eigenvalue weighted by molar-refractivity contribution is 7.16. The molecule has 0 saturated heterocycles. The standard InChI is InChI=1S/C11H14ClS/c12-11-7-6-10(13-11)8-9-4-2-1-3-5-9/h6-7H,1-5,8H2. The molecule has 2 heteroatoms. The Morgan fingerprint density at radius 3 is 2.54 bits per heavy atom. The molecule has 0 spiro atoms. The summed E-state index contributed by atoms with van der Waals surface area (Å²) in [6.45, 7) is 0. The minimum atomic E-state index is 0.923. The van der Waals surface area contributed by atoms with Crippen molar-refractivity contribution in [2.24, 2.45) is 0 Å². The van der Waals surface area contributed by atoms with E-state index in [0.29, 0.717) is 0 Å². The highest BCUT2D eigenvalue weighted by Gasteiger charge is 2.14. The second kappa shape index (κ2) is 4.47. The predicted molar refractivity (Wildman–Crippen MR) is 59.4 cm³/mol. The molecule has 0 amide bonds. The Morgan fingerprint density at radius 2 is 1.92 bits per heavy atom. The summed E-state index contributed by atoms with van der Waals surface area (Å²) in [6.07, 6.45) is 8.08. The topological polar surface area (TPSA) is 0 Å². The van der Waals surface area contributed by atoms with Crippen LogP contribution in [0.2, 0.25) is 4.34 Å². The van der Waals surface area contributed by atoms with Gasteiger partial charge in [0.15, 0.2) is 0 Å². The van der Waals surface area contributed by atoms with Crippen molar-refractivity contribution >= 4 is 22.9 Å². The van der Waals surface area contributed by atoms with Gasteiger partial charge in [0.1, 0.15) is 0 Å². The fourth-order valence-corrected chi connectivity index (χ4v) is 3.08. The van der Waals surface area contributed by atoms with Gasteiger partial charge >= 0.3 is 0 Å². The summed E-state index contributed by atoms with van der Waals surface area (Å²) in [7, 11) is 0. The van der Waals surface area contributed by atoms with Crippen molar-refractivity contribution in [3.63, 3.8) is 0 Å². The minimum Gasteiger partial charge on any atom is -0.128 e. The zero-order valence-electron chi connectivity index (χ0n) is 7.68. The van der Waals surface area contributed by atoms with Gasteiger partial charge in [-0.1, -0.05) is 30.9 Å². The summed E-state index contributed by atoms with van der Waals surface area (Å²) in [5.41, 5.74) is 0. The Morgan fingerprint density at radius 1 is 1.15 bits per heavy atom. The summed E-state index contributed by atoms with van der Waals surface area (Å²) in [5.74, 6) is 1.73. The van der Waals surface area contributed by atoms with Crippen LogP contribution < -0.4 is 0 Å². The maximum absolute atomic E-state index is 5.89. The SMILES string of the molecule is Clc1ccc(C[C]2CCCCC2)s1. The summed E-state index contributed by atoms with van der Waals surface area (Å²) in [4.78, 5) is 1.43. The van der Waals surface area contributed by atoms with Gasteiger partial charge < -0.3 is 0 Å². The number of rotatable bonds is 2. The molecule has 1 aromatic rings. The van der Waals surface area contributed by atoms with Gasteiger partial charge in [-0.05, 0) is 37.3 Å². The van der Waals surface area contributed by atoms with E-state index in [0.717, 1.165) is 4.34 Å². The summed E-state index contributed by atoms with van der Waals surface area (Å²) < 4.78 is 0.923. The van der Waals surface area contributed by atoms with Gasteiger partial charge in [0.2, 0.25) is 0 Å². The molecule has 1 radical (unpaired) electrons. The Hall–Kier alpha value is -0.0100. The predicted octanol–water partition coefficient (Wildman–Crippen LogP) is 4.48. The van der Waals surface area contributed by atoms with Crippen LogP contribution in [0.1, 0.15) is 37.0 Å². The molecule has 1 aliphatic carbocycles. The zero-order chi connectivity index (χ0) is 9.10. The molecule has 1 aromatic heterocycles. The third-order valence-corrected chi connectivity index (χ3v) is 3.84. The van der Waals surface area contributed by atoms with Crippen LogP contribution in [0.4, 0.5) is 0 Å². The summed E-state index contributed by atoms with van der Waals surface area (Å²) in [5, 5.41) is 0. The largest absolute Gasteiger partial charge is 0.128 e. The normalized spacial score (nSPS) is 19.2. The molecular weight excluding hydrogens is 200 g/mol. The van der Waals surface area contributed by atoms with E-state index in [2.05, 4.69) is 6.07 Å². The molecule has 71 valence electrons. The Labute approximate surface area is 88.9 Å². The molecule has 0 atom stereocenters. The van der Waals surface area contributed by atoms with Crippen LogP contribution in [-0.4, -0.2) is 0 Å². The van der Waals surface area contributed by atoms with Gasteiger partial charge in [-0.2, -0.15) is 0 Å². The highest BCUT2D eigenvalue weighted by atomic mass is 35.5. The number of hydrogen-bond acceptors (Lipinski definition) is 1. The van der Waals surface area contributed by atoms with E-state index in [-0.39, 0.29) is 0 Å². The van der Waals surface area contributed by atoms with Crippen LogP contribution in [0.3, 0.4) is 0 Å². The molecule has 1 heterocycles. The van der Waals surface area contributed by atoms with Crippen LogP contribution in [0.5, 0.6) is 0 Å². The number of thiophene rings is 1. The third-order valence-electron chi connectivity index (χ3n) is 2.61. The molecular formula is C11H14ClS. The van der Waals surface area contributed by atoms with E-state index in [1.54, 1.807) is 17.3 Å². The van der Waals surface area contributed by atoms with E-state index in [4.69, 9.17) is 11.6 Å². The van der Waals surface area contributed by atoms with Crippen LogP contribution in [0.15, 0.2) is 12.1 Å². The fraction of sp³-hybridized carbons (Fsp3) is 0.545. The highest BCUT2D eigenvalue weighted by Crippen LogP contribution is 2.31. The van der Waals surface area contributed by atoms with Crippen molar-refractivity contribution in [1.82, 2.24) is 0 Å². The second-order valence-corrected chi connectivity index (χ2v) is 5.49. The second-order valence-electron chi connectivity index (χ2n) is 3.69. The van der Waals surface area contributed by atoms with Crippen molar-refractivity contribution in [3.05, 3.63) is 27.3 Å². The van der Waals surface area contributed by atoms with Crippen molar-refractivity contribution in [2.75, 3.05) is 0 Å². The lowest BCUT2D eigenvalue weighted by Crippen LogP contribution is -2.05. The fourth-order valence-electron chi connectivity index (χ4n) is 1.92. The van der Waals surface area contributed by atoms with Gasteiger partial charge in [-0.15, -0.1) is 11.3 Å². The molecule has 0 aromatic carbocycles. The quantitative estimate of drug-likeness (QED) is 0.680. The monoisotopic (exact) mass is 213 g/mol. The average molecular weight is 214 g/mol. The first-order chi connectivity index (χ1) is 6.34. The molecule has 0 bridgehead atoms. The smallest absolute Gasteiger partial charge is 0.0931 e. The van der Waals surface area contributed by atoms with E-state index in [1.165, 1.54) is 43.4 Å². The van der Waals surface area contributed by atoms with Crippen molar-refractivity contribution in [2.45, 2.75) is 38.5 Å². The van der Waals surface area contributed by atoms with E-state index in [9.17, 15) is 0 Å². The lowest BCUT2D eigenvalue weighted by molar-refractivity contribution is 0.521. The molecule has 1 fully saturated rings. The summed E-state index contributed by atoms with van der Waals surface area (Å²) in [6, 6.07) is 4.17. The van der Waals surface area contributed by atoms with Gasteiger partial charge in [-0.3, -0.25) is 0 Å². The minimum absolute atomic E-state index is 0.923. The Kier molecular flexibility index (Phi) is 3.28. The lowest BCUT2D eigenvalue weighted by Gasteiger charge is -2.19. The summed E-state index contributed by atoms with van der Waals surface area (Å²) >= 11 is 7.61. The molecule has 13 heavy (non-hydrogen) atoms. The van der Waals surface area contributed by atoms with Crippen molar-refractivity contribution in [3.8, 4) is 0 Å². The number of hydrogen-bond donors (Lipinski definition) is 0. The molecule has 0 aliphatic heterocycles. The maximum Gasteiger partial charge on any atom is 0.0931 e. The van der Waals surface area contributed by atoms with Crippen LogP contribution in [0.25, 0.3) is 0 Å². The van der Waals surface area contributed by atoms with Crippen molar-refractivity contribution in [1.29, 1.82) is 0 Å². The third kappa shape index (κ3) is 2.72. The molecule has 0 unspecified atom stereocenters. The van der Waals surface area contributed by atoms with Crippen LogP contribution >= 0.6 is 22.9 Å². The molecule has 0 N–H and O–H groups in total. The first kappa shape index (κ1) is 9.54. The van der Waals surface area contributed by atoms with Gasteiger partial charge in [-0.25, -0.2) is 0 Å². The molecule has 2 rings (SSSR count). The molecule has 0 nitrogen and oxygen atoms in total. The van der Waals surface area contributed by atoms with Gasteiger partial charge in [0.25, 0.3) is 0 Å². The van der Waals surface area contributed by atoms with Crippen molar-refractivity contribution < 1.29 is 0 Å². The number of halogens is 1. The van der Waals surface area contributed by atoms with E-state index < -0.39 is 0 Å². The maximum atomic E-state index is 5.89. The van der Waals surface area contributed by atoms with E-state index in [1.807, 2.05) is 6.07 Å². The van der Waals surface area contributed by atoms with Gasteiger partial charge in [0, 0.05) is 4.88 Å². The van der Waals surface area contributed by atoms with Crippen LogP contribution in [-0.2, 0) is 6.42 Å². The Balaban J connectivity index is 1.89. The Bertz CT molecular complexity index is 261. The molecule has 1 saturated carbocycles.